The van der Waals surface area contributed by atoms with Gasteiger partial charge in [0.15, 0.2) is 8.07 Å². The van der Waals surface area contributed by atoms with Crippen LogP contribution in [-0.4, -0.2) is 17.2 Å². The van der Waals surface area contributed by atoms with Crippen LogP contribution in [0.5, 0.6) is 0 Å². The minimum absolute atomic E-state index is 0.469. The first-order chi connectivity index (χ1) is 37.7. The van der Waals surface area contributed by atoms with Gasteiger partial charge < -0.3 is 9.13 Å². The van der Waals surface area contributed by atoms with Gasteiger partial charge in [0.25, 0.3) is 0 Å². The quantitative estimate of drug-likeness (QED) is 0.101. The normalized spacial score (nSPS) is 12.8. The van der Waals surface area contributed by atoms with E-state index in [4.69, 9.17) is 0 Å². The van der Waals surface area contributed by atoms with Crippen molar-refractivity contribution in [3.63, 3.8) is 0 Å². The summed E-state index contributed by atoms with van der Waals surface area (Å²) in [5.74, 6) is 0. The highest BCUT2D eigenvalue weighted by Gasteiger charge is 2.47. The number of fused-ring (bicyclic) bond motifs is 9. The second-order valence-corrected chi connectivity index (χ2v) is 24.1. The Hall–Kier alpha value is -9.54. The highest BCUT2D eigenvalue weighted by atomic mass is 28.3. The average molecular weight is 983 g/mol. The highest BCUT2D eigenvalue weighted by molar-refractivity contribution is 7.19. The van der Waals surface area contributed by atoms with Crippen molar-refractivity contribution < 1.29 is 0 Å². The lowest BCUT2D eigenvalue weighted by atomic mass is 9.67. The van der Waals surface area contributed by atoms with E-state index in [9.17, 15) is 0 Å². The molecule has 15 rings (SSSR count). The van der Waals surface area contributed by atoms with E-state index in [-0.39, 0.29) is 0 Å². The van der Waals surface area contributed by atoms with Crippen molar-refractivity contribution in [2.24, 2.45) is 0 Å². The molecular formula is C73H50N2Si. The summed E-state index contributed by atoms with van der Waals surface area (Å²) in [6.45, 7) is 0. The van der Waals surface area contributed by atoms with Gasteiger partial charge in [-0.3, -0.25) is 0 Å². The number of rotatable bonds is 9. The molecule has 0 saturated carbocycles. The zero-order valence-corrected chi connectivity index (χ0v) is 42.8. The van der Waals surface area contributed by atoms with Crippen molar-refractivity contribution in [3.05, 3.63) is 326 Å². The lowest BCUT2D eigenvalue weighted by molar-refractivity contribution is 0.768. The van der Waals surface area contributed by atoms with E-state index < -0.39 is 13.5 Å². The third-order valence-electron chi connectivity index (χ3n) is 16.6. The Bertz CT molecular complexity index is 4350. The molecule has 0 aliphatic heterocycles. The number of para-hydroxylation sites is 2. The minimum atomic E-state index is -2.71. The summed E-state index contributed by atoms with van der Waals surface area (Å²) in [5, 5.41) is 10.4. The van der Waals surface area contributed by atoms with Gasteiger partial charge in [-0.25, -0.2) is 0 Å². The monoisotopic (exact) mass is 982 g/mol. The predicted molar refractivity (Wildman–Crippen MR) is 321 cm³/mol. The topological polar surface area (TPSA) is 9.86 Å². The summed E-state index contributed by atoms with van der Waals surface area (Å²) in [7, 11) is -2.71. The maximum atomic E-state index is 2.51. The molecule has 0 saturated heterocycles. The summed E-state index contributed by atoms with van der Waals surface area (Å²) in [6.07, 6.45) is 0. The molecule has 0 unspecified atom stereocenters. The maximum absolute atomic E-state index is 2.71. The minimum Gasteiger partial charge on any atom is -0.309 e. The van der Waals surface area contributed by atoms with Gasteiger partial charge in [-0.2, -0.15) is 0 Å². The van der Waals surface area contributed by atoms with Crippen molar-refractivity contribution in [2.45, 2.75) is 5.41 Å². The molecule has 1 aliphatic carbocycles. The lowest BCUT2D eigenvalue weighted by Gasteiger charge is -2.34. The first-order valence-corrected chi connectivity index (χ1v) is 28.4. The standard InChI is InChI=1S/C73H50N2Si/c1-6-24-52(25-7-1)73(53-26-8-2-9-27-53)64-38-19-16-35-61(64)71-59(37-22-39-65(71)73)51-44-49-68-63(50-51)60-34-17-20-40-66(60)75(68)70-43-23-42-69-72(70)62-36-18-21-41-67(62)74(69)54-45-47-58(48-46-54)76(55-28-10-3-11-29-55,56-30-12-4-13-31-56)57-32-14-5-15-33-57/h1-50H. The van der Waals surface area contributed by atoms with Crippen molar-refractivity contribution in [3.8, 4) is 33.6 Å². The first kappa shape index (κ1) is 44.0. The molecule has 12 aromatic carbocycles. The molecule has 0 atom stereocenters. The summed E-state index contributed by atoms with van der Waals surface area (Å²) in [4.78, 5) is 0. The van der Waals surface area contributed by atoms with Crippen molar-refractivity contribution in [1.82, 2.24) is 9.13 Å². The van der Waals surface area contributed by atoms with Crippen LogP contribution < -0.4 is 20.7 Å². The molecule has 0 spiro atoms. The summed E-state index contributed by atoms with van der Waals surface area (Å²) in [5.41, 5.74) is 16.7. The zero-order valence-electron chi connectivity index (χ0n) is 41.8. The summed E-state index contributed by atoms with van der Waals surface area (Å²) >= 11 is 0. The van der Waals surface area contributed by atoms with Gasteiger partial charge in [-0.1, -0.05) is 255 Å². The third-order valence-corrected chi connectivity index (χ3v) is 21.4. The molecule has 76 heavy (non-hydrogen) atoms. The SMILES string of the molecule is c1ccc(C2(c3ccccc3)c3ccccc3-c3c(-c4ccc5c(c4)c4ccccc4n5-c4cccc5c4c4ccccc4n5-c4ccc([Si](c5ccccc5)(c5ccccc5)c5ccccc5)cc4)cccc32)cc1. The largest absolute Gasteiger partial charge is 0.309 e. The molecule has 0 N–H and O–H groups in total. The molecule has 2 heterocycles. The molecule has 0 amide bonds. The van der Waals surface area contributed by atoms with Crippen LogP contribution in [0.4, 0.5) is 0 Å². The van der Waals surface area contributed by atoms with Crippen LogP contribution >= 0.6 is 0 Å². The van der Waals surface area contributed by atoms with Crippen LogP contribution in [0, 0.1) is 0 Å². The molecule has 1 aliphatic rings. The predicted octanol–water partition coefficient (Wildman–Crippen LogP) is 15.3. The van der Waals surface area contributed by atoms with Gasteiger partial charge in [0.05, 0.1) is 33.2 Å². The molecular weight excluding hydrogens is 933 g/mol. The number of benzene rings is 12. The first-order valence-electron chi connectivity index (χ1n) is 26.4. The van der Waals surface area contributed by atoms with Gasteiger partial charge in [0.2, 0.25) is 0 Å². The van der Waals surface area contributed by atoms with E-state index in [1.807, 2.05) is 0 Å². The van der Waals surface area contributed by atoms with Gasteiger partial charge in [-0.15, -0.1) is 0 Å². The van der Waals surface area contributed by atoms with E-state index in [1.54, 1.807) is 0 Å². The molecule has 0 fully saturated rings. The maximum Gasteiger partial charge on any atom is 0.179 e. The van der Waals surface area contributed by atoms with Gasteiger partial charge in [-0.05, 0) is 114 Å². The molecule has 3 heteroatoms. The summed E-state index contributed by atoms with van der Waals surface area (Å²) < 4.78 is 4.98. The Balaban J connectivity index is 0.910. The van der Waals surface area contributed by atoms with Crippen LogP contribution in [0.1, 0.15) is 22.3 Å². The van der Waals surface area contributed by atoms with Crippen LogP contribution in [0.25, 0.3) is 77.2 Å². The summed E-state index contributed by atoms with van der Waals surface area (Å²) in [6, 6.07) is 113. The van der Waals surface area contributed by atoms with E-state index in [0.29, 0.717) is 0 Å². The van der Waals surface area contributed by atoms with Crippen LogP contribution in [0.3, 0.4) is 0 Å². The fraction of sp³-hybridized carbons (Fsp3) is 0.0137. The smallest absolute Gasteiger partial charge is 0.179 e. The van der Waals surface area contributed by atoms with Gasteiger partial charge in [0, 0.05) is 27.2 Å². The van der Waals surface area contributed by atoms with E-state index in [2.05, 4.69) is 312 Å². The third kappa shape index (κ3) is 6.33. The molecule has 14 aromatic rings. The number of hydrogen-bond donors (Lipinski definition) is 0. The van der Waals surface area contributed by atoms with Crippen molar-refractivity contribution in [1.29, 1.82) is 0 Å². The average Bonchev–Trinajstić information content (AvgIpc) is 4.29. The Labute approximate surface area is 443 Å². The highest BCUT2D eigenvalue weighted by Crippen LogP contribution is 2.58. The van der Waals surface area contributed by atoms with Crippen LogP contribution in [-0.2, 0) is 5.41 Å². The van der Waals surface area contributed by atoms with Gasteiger partial charge in [0.1, 0.15) is 0 Å². The van der Waals surface area contributed by atoms with E-state index >= 15 is 0 Å². The zero-order chi connectivity index (χ0) is 50.2. The van der Waals surface area contributed by atoms with E-state index in [1.165, 1.54) is 109 Å². The molecule has 0 radical (unpaired) electrons. The second kappa shape index (κ2) is 17.6. The fourth-order valence-corrected chi connectivity index (χ4v) is 18.3. The number of aromatic nitrogens is 2. The second-order valence-electron chi connectivity index (χ2n) is 20.3. The van der Waals surface area contributed by atoms with E-state index in [0.717, 1.165) is 11.4 Å². The Kier molecular flexibility index (Phi) is 10.2. The Morgan fingerprint density at radius 1 is 0.289 bits per heavy atom. The molecule has 0 bridgehead atoms. The molecule has 2 aromatic heterocycles. The Morgan fingerprint density at radius 3 is 1.38 bits per heavy atom. The fourth-order valence-electron chi connectivity index (χ4n) is 13.5. The molecule has 2 nitrogen and oxygen atoms in total. The molecule has 356 valence electrons. The van der Waals surface area contributed by atoms with Gasteiger partial charge >= 0.3 is 0 Å². The Morgan fingerprint density at radius 2 is 0.750 bits per heavy atom. The lowest BCUT2D eigenvalue weighted by Crippen LogP contribution is -2.74. The number of nitrogens with zero attached hydrogens (tertiary/aromatic N) is 2. The van der Waals surface area contributed by atoms with Crippen molar-refractivity contribution >= 4 is 72.4 Å². The van der Waals surface area contributed by atoms with Crippen molar-refractivity contribution in [2.75, 3.05) is 0 Å². The number of hydrogen-bond acceptors (Lipinski definition) is 0. The van der Waals surface area contributed by atoms with Crippen LogP contribution in [0.15, 0.2) is 303 Å². The van der Waals surface area contributed by atoms with Crippen LogP contribution in [0.2, 0.25) is 0 Å².